The molecule has 2 aromatic heterocycles. The molecule has 3 heterocycles. The molecule has 10 heteroatoms. The second-order valence-corrected chi connectivity index (χ2v) is 9.79. The summed E-state index contributed by atoms with van der Waals surface area (Å²) in [7, 11) is 1.64. The Balaban J connectivity index is 1.53. The molecule has 0 fully saturated rings. The third-order valence-electron chi connectivity index (χ3n) is 6.13. The predicted molar refractivity (Wildman–Crippen MR) is 130 cm³/mol. The van der Waals surface area contributed by atoms with E-state index in [4.69, 9.17) is 9.47 Å². The molecule has 0 spiro atoms. The maximum atomic E-state index is 13.9. The molecule has 0 aliphatic carbocycles. The smallest absolute Gasteiger partial charge is 0.435 e. The van der Waals surface area contributed by atoms with Gasteiger partial charge in [0.25, 0.3) is 11.5 Å². The summed E-state index contributed by atoms with van der Waals surface area (Å²) in [5.41, 5.74) is 0.919. The fraction of sp³-hybridized carbons (Fsp3) is 0.308. The van der Waals surface area contributed by atoms with E-state index in [-0.39, 0.29) is 24.5 Å². The maximum absolute atomic E-state index is 13.9. The Bertz CT molecular complexity index is 1580. The molecule has 1 amide bonds. The minimum absolute atomic E-state index is 0.178. The van der Waals surface area contributed by atoms with E-state index in [1.54, 1.807) is 52.1 Å². The van der Waals surface area contributed by atoms with E-state index in [2.05, 4.69) is 10.1 Å². The van der Waals surface area contributed by atoms with E-state index in [1.807, 2.05) is 0 Å². The quantitative estimate of drug-likeness (QED) is 0.451. The van der Waals surface area contributed by atoms with Gasteiger partial charge in [-0.1, -0.05) is 12.1 Å². The van der Waals surface area contributed by atoms with Crippen molar-refractivity contribution in [3.05, 3.63) is 75.6 Å². The number of H-pyrrole nitrogens is 1. The molecular formula is C26H25FN4O5. The van der Waals surface area contributed by atoms with Crippen LogP contribution < -0.4 is 5.56 Å². The van der Waals surface area contributed by atoms with Gasteiger partial charge in [-0.15, -0.1) is 0 Å². The van der Waals surface area contributed by atoms with Gasteiger partial charge in [-0.05, 0) is 50.4 Å². The van der Waals surface area contributed by atoms with Crippen molar-refractivity contribution in [3.8, 4) is 0 Å². The van der Waals surface area contributed by atoms with Crippen LogP contribution in [0.15, 0.2) is 47.4 Å². The maximum Gasteiger partial charge on any atom is 0.435 e. The fourth-order valence-electron chi connectivity index (χ4n) is 4.48. The van der Waals surface area contributed by atoms with Crippen LogP contribution >= 0.6 is 0 Å². The van der Waals surface area contributed by atoms with Crippen LogP contribution in [0.5, 0.6) is 0 Å². The third kappa shape index (κ3) is 4.13. The molecule has 2 aromatic carbocycles. The van der Waals surface area contributed by atoms with E-state index >= 15 is 0 Å². The van der Waals surface area contributed by atoms with E-state index in [9.17, 15) is 18.8 Å². The Labute approximate surface area is 205 Å². The molecule has 0 radical (unpaired) electrons. The Hall–Kier alpha value is -4.05. The first-order chi connectivity index (χ1) is 17.0. The monoisotopic (exact) mass is 492 g/mol. The minimum Gasteiger partial charge on any atom is -0.442 e. The molecular weight excluding hydrogens is 467 g/mol. The number of halogens is 1. The van der Waals surface area contributed by atoms with Gasteiger partial charge in [-0.2, -0.15) is 9.78 Å². The molecule has 1 atom stereocenters. The minimum atomic E-state index is -0.704. The molecule has 0 saturated heterocycles. The number of pyridine rings is 1. The van der Waals surface area contributed by atoms with Crippen molar-refractivity contribution in [2.45, 2.75) is 39.0 Å². The number of nitrogens with zero attached hydrogens (tertiary/aromatic N) is 3. The average Bonchev–Trinajstić information content (AvgIpc) is 3.25. The lowest BCUT2D eigenvalue weighted by Gasteiger charge is -2.34. The highest BCUT2D eigenvalue weighted by Gasteiger charge is 2.31. The highest BCUT2D eigenvalue weighted by atomic mass is 19.1. The van der Waals surface area contributed by atoms with Crippen LogP contribution in [0.2, 0.25) is 0 Å². The van der Waals surface area contributed by atoms with Crippen LogP contribution in [0.1, 0.15) is 48.4 Å². The lowest BCUT2D eigenvalue weighted by molar-refractivity contribution is 0.0335. The standard InChI is InChI=1S/C26H25FN4O5/c1-26(2,3)36-25(34)31-20-9-14(5-6-15(20)11-28-31)24(33)30(4)21-13-35-12-19-22(21)17-8-7-16(27)10-18(17)23(32)29-19/h5-11,21H,12-13H2,1-4H3,(H,29,32)/t21-/m0/s1. The van der Waals surface area contributed by atoms with E-state index < -0.39 is 29.1 Å². The lowest BCUT2D eigenvalue weighted by atomic mass is 9.95. The highest BCUT2D eigenvalue weighted by Crippen LogP contribution is 2.34. The Morgan fingerprint density at radius 1 is 1.19 bits per heavy atom. The van der Waals surface area contributed by atoms with E-state index in [0.717, 1.165) is 4.68 Å². The number of hydrogen-bond acceptors (Lipinski definition) is 6. The number of nitrogens with one attached hydrogen (secondary N) is 1. The number of fused-ring (bicyclic) bond motifs is 4. The molecule has 1 aliphatic rings. The van der Waals surface area contributed by atoms with Crippen LogP contribution in [0, 0.1) is 5.82 Å². The zero-order valence-corrected chi connectivity index (χ0v) is 20.3. The Kier molecular flexibility index (Phi) is 5.63. The molecule has 36 heavy (non-hydrogen) atoms. The molecule has 1 aliphatic heterocycles. The van der Waals surface area contributed by atoms with Crippen molar-refractivity contribution >= 4 is 33.7 Å². The largest absolute Gasteiger partial charge is 0.442 e. The number of hydrogen-bond donors (Lipinski definition) is 1. The second-order valence-electron chi connectivity index (χ2n) is 9.79. The number of amides is 1. The molecule has 9 nitrogen and oxygen atoms in total. The SMILES string of the molecule is CN(C(=O)c1ccc2cnn(C(=O)OC(C)(C)C)c2c1)[C@H]1COCc2[nH]c(=O)c3cc(F)ccc3c21. The molecule has 0 bridgehead atoms. The van der Waals surface area contributed by atoms with Crippen molar-refractivity contribution < 1.29 is 23.5 Å². The van der Waals surface area contributed by atoms with Gasteiger partial charge < -0.3 is 19.4 Å². The van der Waals surface area contributed by atoms with E-state index in [1.165, 1.54) is 23.2 Å². The summed E-state index contributed by atoms with van der Waals surface area (Å²) in [5.74, 6) is -0.840. The molecule has 1 N–H and O–H groups in total. The first-order valence-corrected chi connectivity index (χ1v) is 11.4. The number of likely N-dealkylation sites (N-methyl/N-ethyl adjacent to an activating group) is 1. The first-order valence-electron chi connectivity index (χ1n) is 11.4. The fourth-order valence-corrected chi connectivity index (χ4v) is 4.48. The molecule has 0 unspecified atom stereocenters. The Morgan fingerprint density at radius 2 is 1.97 bits per heavy atom. The number of carbonyl (C=O) groups is 2. The normalized spacial score (nSPS) is 15.6. The Morgan fingerprint density at radius 3 is 2.72 bits per heavy atom. The average molecular weight is 493 g/mol. The van der Waals surface area contributed by atoms with Gasteiger partial charge in [-0.25, -0.2) is 9.18 Å². The number of ether oxygens (including phenoxy) is 2. The summed E-state index contributed by atoms with van der Waals surface area (Å²) >= 11 is 0. The summed E-state index contributed by atoms with van der Waals surface area (Å²) in [6.07, 6.45) is 0.886. The van der Waals surface area contributed by atoms with Gasteiger partial charge in [0.05, 0.1) is 36.4 Å². The summed E-state index contributed by atoms with van der Waals surface area (Å²) < 4.78 is 26.1. The van der Waals surface area contributed by atoms with Crippen LogP contribution in [-0.2, 0) is 16.1 Å². The zero-order chi connectivity index (χ0) is 25.8. The van der Waals surface area contributed by atoms with Crippen molar-refractivity contribution in [3.63, 3.8) is 0 Å². The van der Waals surface area contributed by atoms with Gasteiger partial charge >= 0.3 is 6.09 Å². The molecule has 4 aromatic rings. The predicted octanol–water partition coefficient (Wildman–Crippen LogP) is 4.14. The first kappa shape index (κ1) is 23.7. The zero-order valence-electron chi connectivity index (χ0n) is 20.3. The highest BCUT2D eigenvalue weighted by molar-refractivity contribution is 5.99. The number of aromatic amines is 1. The van der Waals surface area contributed by atoms with Crippen molar-refractivity contribution in [2.24, 2.45) is 0 Å². The van der Waals surface area contributed by atoms with Crippen molar-refractivity contribution in [1.29, 1.82) is 0 Å². The molecule has 186 valence electrons. The summed E-state index contributed by atoms with van der Waals surface area (Å²) in [6, 6.07) is 8.48. The van der Waals surface area contributed by atoms with Gasteiger partial charge in [0.2, 0.25) is 0 Å². The topological polar surface area (TPSA) is 107 Å². The van der Waals surface area contributed by atoms with Gasteiger partial charge in [-0.3, -0.25) is 9.59 Å². The third-order valence-corrected chi connectivity index (χ3v) is 6.13. The molecule has 0 saturated carbocycles. The second kappa shape index (κ2) is 8.56. The van der Waals surface area contributed by atoms with E-state index in [0.29, 0.717) is 33.1 Å². The van der Waals surface area contributed by atoms with Gasteiger partial charge in [0.1, 0.15) is 11.4 Å². The van der Waals surface area contributed by atoms with Crippen LogP contribution in [0.25, 0.3) is 21.7 Å². The number of rotatable bonds is 2. The van der Waals surface area contributed by atoms with Crippen LogP contribution in [-0.4, -0.2) is 50.9 Å². The van der Waals surface area contributed by atoms with Crippen LogP contribution in [0.4, 0.5) is 9.18 Å². The summed E-state index contributed by atoms with van der Waals surface area (Å²) in [5, 5.41) is 5.59. The van der Waals surface area contributed by atoms with Gasteiger partial charge in [0, 0.05) is 29.3 Å². The molecule has 5 rings (SSSR count). The van der Waals surface area contributed by atoms with Crippen molar-refractivity contribution in [1.82, 2.24) is 19.7 Å². The number of carbonyl (C=O) groups excluding carboxylic acids is 2. The van der Waals surface area contributed by atoms with Crippen molar-refractivity contribution in [2.75, 3.05) is 13.7 Å². The van der Waals surface area contributed by atoms with Gasteiger partial charge in [0.15, 0.2) is 0 Å². The lowest BCUT2D eigenvalue weighted by Crippen LogP contribution is -2.37. The number of aromatic nitrogens is 3. The summed E-state index contributed by atoms with van der Waals surface area (Å²) in [6.45, 7) is 5.66. The van der Waals surface area contributed by atoms with Crippen LogP contribution in [0.3, 0.4) is 0 Å². The number of benzene rings is 2. The summed E-state index contributed by atoms with van der Waals surface area (Å²) in [4.78, 5) is 43.0.